The maximum absolute atomic E-state index is 11.6. The molecule has 148 valence electrons. The number of rotatable bonds is 6. The van der Waals surface area contributed by atoms with Gasteiger partial charge in [-0.15, -0.1) is 0 Å². The average Bonchev–Trinajstić information content (AvgIpc) is 3.27. The molecule has 0 amide bonds. The Kier molecular flexibility index (Phi) is 5.70. The number of ether oxygens (including phenoxy) is 1. The first kappa shape index (κ1) is 18.9. The van der Waals surface area contributed by atoms with Crippen molar-refractivity contribution in [1.82, 2.24) is 9.97 Å². The fraction of sp³-hybridized carbons (Fsp3) is 0.261. The minimum atomic E-state index is -0.359. The molecule has 6 nitrogen and oxygen atoms in total. The molecule has 0 atom stereocenters. The van der Waals surface area contributed by atoms with E-state index in [1.165, 1.54) is 32.8 Å². The van der Waals surface area contributed by atoms with E-state index in [9.17, 15) is 4.79 Å². The highest BCUT2D eigenvalue weighted by Crippen LogP contribution is 2.26. The Balaban J connectivity index is 1.61. The summed E-state index contributed by atoms with van der Waals surface area (Å²) < 4.78 is 4.75. The lowest BCUT2D eigenvalue weighted by Gasteiger charge is -2.15. The molecule has 0 unspecified atom stereocenters. The summed E-state index contributed by atoms with van der Waals surface area (Å²) in [7, 11) is 1.37. The van der Waals surface area contributed by atoms with Crippen molar-refractivity contribution in [1.29, 1.82) is 0 Å². The number of benzene rings is 2. The second-order valence-corrected chi connectivity index (χ2v) is 7.15. The van der Waals surface area contributed by atoms with Gasteiger partial charge in [-0.1, -0.05) is 43.2 Å². The zero-order valence-corrected chi connectivity index (χ0v) is 16.4. The number of hydrogen-bond acceptors (Lipinski definition) is 6. The summed E-state index contributed by atoms with van der Waals surface area (Å²) in [4.78, 5) is 21.0. The molecule has 3 aromatic rings. The molecule has 1 fully saturated rings. The summed E-state index contributed by atoms with van der Waals surface area (Å²) in [6.07, 6.45) is 4.85. The maximum Gasteiger partial charge on any atom is 0.337 e. The Labute approximate surface area is 170 Å². The van der Waals surface area contributed by atoms with Gasteiger partial charge in [-0.25, -0.2) is 9.78 Å². The molecule has 0 bridgehead atoms. The van der Waals surface area contributed by atoms with E-state index >= 15 is 0 Å². The topological polar surface area (TPSA) is 76.1 Å². The summed E-state index contributed by atoms with van der Waals surface area (Å²) in [6, 6.07) is 19.6. The third-order valence-corrected chi connectivity index (χ3v) is 5.07. The van der Waals surface area contributed by atoms with Gasteiger partial charge in [-0.05, 0) is 37.1 Å². The fourth-order valence-electron chi connectivity index (χ4n) is 3.55. The molecular weight excluding hydrogens is 364 g/mol. The van der Waals surface area contributed by atoms with E-state index in [0.717, 1.165) is 22.8 Å². The van der Waals surface area contributed by atoms with Gasteiger partial charge in [0.05, 0.1) is 18.4 Å². The van der Waals surface area contributed by atoms with E-state index in [4.69, 9.17) is 9.72 Å². The van der Waals surface area contributed by atoms with Gasteiger partial charge in [0.1, 0.15) is 5.82 Å². The van der Waals surface area contributed by atoms with Crippen LogP contribution in [-0.2, 0) is 4.74 Å². The average molecular weight is 388 g/mol. The van der Waals surface area contributed by atoms with Crippen LogP contribution in [0.2, 0.25) is 0 Å². The predicted octanol–water partition coefficient (Wildman–Crippen LogP) is 5.03. The first-order chi connectivity index (χ1) is 14.2. The van der Waals surface area contributed by atoms with Gasteiger partial charge in [0.15, 0.2) is 0 Å². The Morgan fingerprint density at radius 2 is 1.72 bits per heavy atom. The van der Waals surface area contributed by atoms with E-state index < -0.39 is 0 Å². The van der Waals surface area contributed by atoms with Crippen LogP contribution in [0.4, 0.5) is 17.5 Å². The monoisotopic (exact) mass is 388 g/mol. The molecule has 2 aromatic carbocycles. The number of carbonyl (C=O) groups excluding carboxylic acids is 1. The van der Waals surface area contributed by atoms with Crippen LogP contribution in [0.3, 0.4) is 0 Å². The van der Waals surface area contributed by atoms with E-state index in [1.54, 1.807) is 12.1 Å². The summed E-state index contributed by atoms with van der Waals surface area (Å²) >= 11 is 0. The van der Waals surface area contributed by atoms with Gasteiger partial charge in [0.2, 0.25) is 5.95 Å². The van der Waals surface area contributed by atoms with Crippen LogP contribution < -0.4 is 10.6 Å². The van der Waals surface area contributed by atoms with Crippen molar-refractivity contribution < 1.29 is 9.53 Å². The molecule has 6 heteroatoms. The van der Waals surface area contributed by atoms with Crippen molar-refractivity contribution in [2.24, 2.45) is 0 Å². The molecule has 0 radical (unpaired) electrons. The lowest BCUT2D eigenvalue weighted by molar-refractivity contribution is 0.0601. The molecule has 0 spiro atoms. The highest BCUT2D eigenvalue weighted by Gasteiger charge is 2.16. The number of nitrogens with one attached hydrogen (secondary N) is 2. The Morgan fingerprint density at radius 1 is 1.00 bits per heavy atom. The molecular formula is C23H24N4O2. The number of esters is 1. The lowest BCUT2D eigenvalue weighted by atomic mass is 10.1. The molecule has 2 N–H and O–H groups in total. The largest absolute Gasteiger partial charge is 0.465 e. The van der Waals surface area contributed by atoms with E-state index in [2.05, 4.69) is 15.6 Å². The highest BCUT2D eigenvalue weighted by atomic mass is 16.5. The van der Waals surface area contributed by atoms with Crippen LogP contribution in [0, 0.1) is 0 Å². The van der Waals surface area contributed by atoms with Gasteiger partial charge in [0, 0.05) is 23.4 Å². The van der Waals surface area contributed by atoms with Crippen molar-refractivity contribution in [3.05, 3.63) is 66.2 Å². The summed E-state index contributed by atoms with van der Waals surface area (Å²) in [6.45, 7) is 0. The van der Waals surface area contributed by atoms with Crippen LogP contribution in [0.25, 0.3) is 11.3 Å². The smallest absolute Gasteiger partial charge is 0.337 e. The quantitative estimate of drug-likeness (QED) is 0.577. The molecule has 1 saturated carbocycles. The minimum absolute atomic E-state index is 0.359. The number of aromatic nitrogens is 2. The molecule has 1 heterocycles. The van der Waals surface area contributed by atoms with E-state index in [-0.39, 0.29) is 5.97 Å². The predicted molar refractivity (Wildman–Crippen MR) is 114 cm³/mol. The Bertz CT molecular complexity index is 968. The van der Waals surface area contributed by atoms with Crippen LogP contribution in [-0.4, -0.2) is 29.1 Å². The normalized spacial score (nSPS) is 13.8. The third-order valence-electron chi connectivity index (χ3n) is 5.07. The number of hydrogen-bond donors (Lipinski definition) is 2. The number of carbonyl (C=O) groups is 1. The van der Waals surface area contributed by atoms with E-state index in [1.807, 2.05) is 48.5 Å². The van der Waals surface area contributed by atoms with E-state index in [0.29, 0.717) is 17.6 Å². The molecule has 1 aliphatic carbocycles. The van der Waals surface area contributed by atoms with Gasteiger partial charge in [0.25, 0.3) is 0 Å². The van der Waals surface area contributed by atoms with Gasteiger partial charge in [-0.3, -0.25) is 0 Å². The van der Waals surface area contributed by atoms with Crippen molar-refractivity contribution in [2.45, 2.75) is 31.7 Å². The second kappa shape index (κ2) is 8.73. The lowest BCUT2D eigenvalue weighted by Crippen LogP contribution is -2.16. The zero-order valence-electron chi connectivity index (χ0n) is 16.4. The number of anilines is 3. The summed E-state index contributed by atoms with van der Waals surface area (Å²) in [5.41, 5.74) is 3.19. The standard InChI is InChI=1S/C23H24N4O2/c1-29-22(28)17-11-13-19(14-12-17)25-23-26-20(16-7-3-2-4-8-16)15-21(27-23)24-18-9-5-6-10-18/h2-4,7-8,11-15,18H,5-6,9-10H2,1H3,(H2,24,25,26,27). The van der Waals surface area contributed by atoms with Crippen LogP contribution in [0.5, 0.6) is 0 Å². The third kappa shape index (κ3) is 4.71. The van der Waals surface area contributed by atoms with Crippen LogP contribution in [0.1, 0.15) is 36.0 Å². The van der Waals surface area contributed by atoms with Crippen molar-refractivity contribution in [3.63, 3.8) is 0 Å². The number of methoxy groups -OCH3 is 1. The van der Waals surface area contributed by atoms with Gasteiger partial charge in [-0.2, -0.15) is 4.98 Å². The van der Waals surface area contributed by atoms with Crippen molar-refractivity contribution in [3.8, 4) is 11.3 Å². The molecule has 0 aliphatic heterocycles. The SMILES string of the molecule is COC(=O)c1ccc(Nc2nc(NC3CCCC3)cc(-c3ccccc3)n2)cc1. The summed E-state index contributed by atoms with van der Waals surface area (Å²) in [5, 5.41) is 6.81. The van der Waals surface area contributed by atoms with Gasteiger partial charge < -0.3 is 15.4 Å². The Morgan fingerprint density at radius 3 is 2.41 bits per heavy atom. The Hall–Kier alpha value is -3.41. The first-order valence-corrected chi connectivity index (χ1v) is 9.88. The molecule has 29 heavy (non-hydrogen) atoms. The van der Waals surface area contributed by atoms with Gasteiger partial charge >= 0.3 is 5.97 Å². The summed E-state index contributed by atoms with van der Waals surface area (Å²) in [5.74, 6) is 0.971. The van der Waals surface area contributed by atoms with Crippen molar-refractivity contribution >= 4 is 23.4 Å². The molecule has 1 aliphatic rings. The molecule has 1 aromatic heterocycles. The highest BCUT2D eigenvalue weighted by molar-refractivity contribution is 5.89. The van der Waals surface area contributed by atoms with Crippen molar-refractivity contribution in [2.75, 3.05) is 17.7 Å². The van der Waals surface area contributed by atoms with Crippen LogP contribution in [0.15, 0.2) is 60.7 Å². The molecule has 0 saturated heterocycles. The zero-order chi connectivity index (χ0) is 20.1. The first-order valence-electron chi connectivity index (χ1n) is 9.88. The molecule has 4 rings (SSSR count). The second-order valence-electron chi connectivity index (χ2n) is 7.15. The number of nitrogens with zero attached hydrogens (tertiary/aromatic N) is 2. The maximum atomic E-state index is 11.6. The minimum Gasteiger partial charge on any atom is -0.465 e. The van der Waals surface area contributed by atoms with Crippen LogP contribution >= 0.6 is 0 Å². The fourth-order valence-corrected chi connectivity index (χ4v) is 3.55.